The van der Waals surface area contributed by atoms with Crippen LogP contribution in [0.2, 0.25) is 0 Å². The van der Waals surface area contributed by atoms with Crippen molar-refractivity contribution in [2.45, 2.75) is 12.6 Å². The second-order valence-corrected chi connectivity index (χ2v) is 4.36. The Morgan fingerprint density at radius 3 is 2.65 bits per heavy atom. The van der Waals surface area contributed by atoms with Crippen LogP contribution in [0.4, 0.5) is 0 Å². The summed E-state index contributed by atoms with van der Waals surface area (Å²) in [6.45, 7) is 0.775. The summed E-state index contributed by atoms with van der Waals surface area (Å²) in [5.74, 6) is 6.49. The van der Waals surface area contributed by atoms with Crippen LogP contribution in [0.1, 0.15) is 18.2 Å². The summed E-state index contributed by atoms with van der Waals surface area (Å²) < 4.78 is 0. The number of hydrazine groups is 1. The Kier molecular flexibility index (Phi) is 4.09. The standard InChI is InChI=1S/C14H19N3/c15-14(13-9-5-2-6-10-13)17(16)11-12-7-3-1-4-8-12/h1-7,9-10,12,14H,8,11,15-16H2/t12?,14-/m1/s1. The first kappa shape index (κ1) is 12.0. The molecule has 1 aliphatic rings. The highest BCUT2D eigenvalue weighted by atomic mass is 15.4. The molecule has 2 atom stereocenters. The fraction of sp³-hybridized carbons (Fsp3) is 0.286. The third-order valence-corrected chi connectivity index (χ3v) is 3.01. The maximum Gasteiger partial charge on any atom is 0.0964 e. The van der Waals surface area contributed by atoms with Crippen molar-refractivity contribution in [2.24, 2.45) is 17.5 Å². The predicted molar refractivity (Wildman–Crippen MR) is 70.7 cm³/mol. The Morgan fingerprint density at radius 1 is 1.24 bits per heavy atom. The zero-order chi connectivity index (χ0) is 12.1. The van der Waals surface area contributed by atoms with Crippen molar-refractivity contribution < 1.29 is 0 Å². The first-order valence-corrected chi connectivity index (χ1v) is 5.92. The van der Waals surface area contributed by atoms with Gasteiger partial charge in [0.2, 0.25) is 0 Å². The molecule has 0 heterocycles. The SMILES string of the molecule is N[C@@H](c1ccccc1)N(N)CC1C=CC=CC1. The summed E-state index contributed by atoms with van der Waals surface area (Å²) in [4.78, 5) is 0. The number of nitrogens with two attached hydrogens (primary N) is 2. The molecule has 1 aliphatic carbocycles. The highest BCUT2D eigenvalue weighted by molar-refractivity contribution is 5.18. The number of rotatable bonds is 4. The van der Waals surface area contributed by atoms with E-state index < -0.39 is 0 Å². The monoisotopic (exact) mass is 229 g/mol. The fourth-order valence-corrected chi connectivity index (χ4v) is 1.99. The highest BCUT2D eigenvalue weighted by Gasteiger charge is 2.16. The van der Waals surface area contributed by atoms with Gasteiger partial charge >= 0.3 is 0 Å². The minimum absolute atomic E-state index is 0.240. The Bertz CT molecular complexity index is 397. The van der Waals surface area contributed by atoms with Gasteiger partial charge in [0.15, 0.2) is 0 Å². The van der Waals surface area contributed by atoms with Crippen LogP contribution in [0.25, 0.3) is 0 Å². The zero-order valence-corrected chi connectivity index (χ0v) is 9.87. The molecule has 0 fully saturated rings. The summed E-state index contributed by atoms with van der Waals surface area (Å²) in [7, 11) is 0. The van der Waals surface area contributed by atoms with E-state index in [1.54, 1.807) is 5.01 Å². The lowest BCUT2D eigenvalue weighted by molar-refractivity contribution is 0.186. The second kappa shape index (κ2) is 5.77. The molecule has 2 rings (SSSR count). The quantitative estimate of drug-likeness (QED) is 0.471. The van der Waals surface area contributed by atoms with Gasteiger partial charge in [-0.05, 0) is 17.9 Å². The lowest BCUT2D eigenvalue weighted by atomic mass is 10.0. The molecule has 4 N–H and O–H groups in total. The molecule has 0 spiro atoms. The number of benzene rings is 1. The average molecular weight is 229 g/mol. The molecule has 3 heteroatoms. The van der Waals surface area contributed by atoms with Gasteiger partial charge in [-0.1, -0.05) is 54.6 Å². The predicted octanol–water partition coefficient (Wildman–Crippen LogP) is 1.95. The second-order valence-electron chi connectivity index (χ2n) is 4.36. The molecule has 0 aromatic heterocycles. The summed E-state index contributed by atoms with van der Waals surface area (Å²) in [6.07, 6.45) is 9.26. The lowest BCUT2D eigenvalue weighted by Gasteiger charge is -2.27. The van der Waals surface area contributed by atoms with Gasteiger partial charge in [-0.15, -0.1) is 0 Å². The van der Waals surface area contributed by atoms with Crippen LogP contribution in [0, 0.1) is 5.92 Å². The number of hydrogen-bond donors (Lipinski definition) is 2. The van der Waals surface area contributed by atoms with Crippen molar-refractivity contribution in [3.63, 3.8) is 0 Å². The normalized spacial score (nSPS) is 20.8. The van der Waals surface area contributed by atoms with Crippen LogP contribution >= 0.6 is 0 Å². The molecule has 1 aromatic carbocycles. The molecule has 0 amide bonds. The minimum atomic E-state index is -0.240. The number of hydrogen-bond acceptors (Lipinski definition) is 3. The Balaban J connectivity index is 1.93. The van der Waals surface area contributed by atoms with Gasteiger partial charge < -0.3 is 5.73 Å². The maximum atomic E-state index is 6.11. The molecule has 0 aliphatic heterocycles. The van der Waals surface area contributed by atoms with Crippen molar-refractivity contribution in [1.29, 1.82) is 0 Å². The van der Waals surface area contributed by atoms with Crippen LogP contribution in [-0.2, 0) is 0 Å². The molecule has 17 heavy (non-hydrogen) atoms. The van der Waals surface area contributed by atoms with Gasteiger partial charge in [-0.3, -0.25) is 5.84 Å². The van der Waals surface area contributed by atoms with Crippen LogP contribution < -0.4 is 11.6 Å². The van der Waals surface area contributed by atoms with Crippen molar-refractivity contribution >= 4 is 0 Å². The largest absolute Gasteiger partial charge is 0.311 e. The van der Waals surface area contributed by atoms with Gasteiger partial charge in [0.25, 0.3) is 0 Å². The molecular weight excluding hydrogens is 210 g/mol. The van der Waals surface area contributed by atoms with E-state index in [0.29, 0.717) is 5.92 Å². The van der Waals surface area contributed by atoms with E-state index in [1.807, 2.05) is 30.3 Å². The molecule has 1 aromatic rings. The smallest absolute Gasteiger partial charge is 0.0964 e. The lowest BCUT2D eigenvalue weighted by Crippen LogP contribution is -2.42. The molecule has 0 saturated heterocycles. The summed E-state index contributed by atoms with van der Waals surface area (Å²) in [5, 5.41) is 1.71. The number of nitrogens with zero attached hydrogens (tertiary/aromatic N) is 1. The van der Waals surface area contributed by atoms with Crippen LogP contribution in [0.5, 0.6) is 0 Å². The first-order valence-electron chi connectivity index (χ1n) is 5.92. The van der Waals surface area contributed by atoms with E-state index in [1.165, 1.54) is 0 Å². The Hall–Kier alpha value is -1.42. The van der Waals surface area contributed by atoms with E-state index in [0.717, 1.165) is 18.5 Å². The summed E-state index contributed by atoms with van der Waals surface area (Å²) >= 11 is 0. The van der Waals surface area contributed by atoms with Crippen LogP contribution in [-0.4, -0.2) is 11.6 Å². The average Bonchev–Trinajstić information content (AvgIpc) is 2.40. The van der Waals surface area contributed by atoms with Crippen LogP contribution in [0.15, 0.2) is 54.6 Å². The Morgan fingerprint density at radius 2 is 2.00 bits per heavy atom. The molecule has 0 radical (unpaired) electrons. The minimum Gasteiger partial charge on any atom is -0.311 e. The van der Waals surface area contributed by atoms with Gasteiger partial charge in [0.05, 0.1) is 6.17 Å². The molecular formula is C14H19N3. The van der Waals surface area contributed by atoms with Gasteiger partial charge in [-0.25, -0.2) is 5.01 Å². The van der Waals surface area contributed by atoms with Gasteiger partial charge in [0.1, 0.15) is 0 Å². The van der Waals surface area contributed by atoms with E-state index >= 15 is 0 Å². The molecule has 3 nitrogen and oxygen atoms in total. The third kappa shape index (κ3) is 3.27. The van der Waals surface area contributed by atoms with E-state index in [2.05, 4.69) is 24.3 Å². The molecule has 1 unspecified atom stereocenters. The van der Waals surface area contributed by atoms with Gasteiger partial charge in [0, 0.05) is 6.54 Å². The van der Waals surface area contributed by atoms with Crippen molar-refractivity contribution in [2.75, 3.05) is 6.54 Å². The van der Waals surface area contributed by atoms with Crippen molar-refractivity contribution in [3.05, 3.63) is 60.2 Å². The molecule has 0 bridgehead atoms. The fourth-order valence-electron chi connectivity index (χ4n) is 1.99. The zero-order valence-electron chi connectivity index (χ0n) is 9.87. The molecule has 90 valence electrons. The first-order chi connectivity index (χ1) is 8.27. The van der Waals surface area contributed by atoms with Crippen molar-refractivity contribution in [3.8, 4) is 0 Å². The summed E-state index contributed by atoms with van der Waals surface area (Å²) in [6, 6.07) is 9.94. The van der Waals surface area contributed by atoms with E-state index in [-0.39, 0.29) is 6.17 Å². The van der Waals surface area contributed by atoms with Crippen LogP contribution in [0.3, 0.4) is 0 Å². The van der Waals surface area contributed by atoms with E-state index in [9.17, 15) is 0 Å². The molecule has 0 saturated carbocycles. The summed E-state index contributed by atoms with van der Waals surface area (Å²) in [5.41, 5.74) is 7.16. The highest BCUT2D eigenvalue weighted by Crippen LogP contribution is 2.17. The topological polar surface area (TPSA) is 55.3 Å². The maximum absolute atomic E-state index is 6.11. The van der Waals surface area contributed by atoms with Gasteiger partial charge in [-0.2, -0.15) is 0 Å². The third-order valence-electron chi connectivity index (χ3n) is 3.01. The Labute approximate surface area is 102 Å². The van der Waals surface area contributed by atoms with E-state index in [4.69, 9.17) is 11.6 Å². The number of allylic oxidation sites excluding steroid dienone is 3. The van der Waals surface area contributed by atoms with Crippen molar-refractivity contribution in [1.82, 2.24) is 5.01 Å².